The van der Waals surface area contributed by atoms with Gasteiger partial charge in [-0.2, -0.15) is 13.2 Å². The smallest absolute Gasteiger partial charge is 0.369 e. The second-order valence-electron chi connectivity index (χ2n) is 8.34. The van der Waals surface area contributed by atoms with Gasteiger partial charge >= 0.3 is 6.18 Å². The first kappa shape index (κ1) is 23.7. The number of rotatable bonds is 9. The second-order valence-corrected chi connectivity index (χ2v) is 8.34. The Hall–Kier alpha value is -3.48. The van der Waals surface area contributed by atoms with Crippen LogP contribution in [0.25, 0.3) is 22.2 Å². The Balaban J connectivity index is 1.60. The molecule has 2 aromatic carbocycles. The van der Waals surface area contributed by atoms with Crippen LogP contribution >= 0.6 is 0 Å². The molecule has 0 fully saturated rings. The van der Waals surface area contributed by atoms with Crippen molar-refractivity contribution in [2.75, 3.05) is 11.9 Å². The van der Waals surface area contributed by atoms with E-state index in [1.54, 1.807) is 18.2 Å². The lowest BCUT2D eigenvalue weighted by atomic mass is 9.93. The summed E-state index contributed by atoms with van der Waals surface area (Å²) in [5.74, 6) is 1.00. The van der Waals surface area contributed by atoms with Crippen LogP contribution in [0, 0.1) is 0 Å². The van der Waals surface area contributed by atoms with E-state index in [0.29, 0.717) is 29.4 Å². The van der Waals surface area contributed by atoms with Crippen LogP contribution in [0.15, 0.2) is 73.2 Å². The minimum Gasteiger partial charge on any atom is -0.369 e. The fourth-order valence-corrected chi connectivity index (χ4v) is 4.18. The van der Waals surface area contributed by atoms with Crippen molar-refractivity contribution in [2.24, 2.45) is 0 Å². The average molecular weight is 465 g/mol. The highest BCUT2D eigenvalue weighted by molar-refractivity contribution is 5.91. The molecule has 1 N–H and O–H groups in total. The summed E-state index contributed by atoms with van der Waals surface area (Å²) in [7, 11) is 0. The van der Waals surface area contributed by atoms with E-state index in [1.165, 1.54) is 37.0 Å². The van der Waals surface area contributed by atoms with E-state index in [-0.39, 0.29) is 5.69 Å². The van der Waals surface area contributed by atoms with Crippen LogP contribution in [0.5, 0.6) is 0 Å². The highest BCUT2D eigenvalue weighted by Crippen LogP contribution is 2.36. The van der Waals surface area contributed by atoms with Crippen LogP contribution in [-0.4, -0.2) is 21.5 Å². The van der Waals surface area contributed by atoms with E-state index in [1.807, 2.05) is 6.07 Å². The average Bonchev–Trinajstić information content (AvgIpc) is 2.86. The van der Waals surface area contributed by atoms with Crippen molar-refractivity contribution in [1.29, 1.82) is 0 Å². The molecule has 0 spiro atoms. The molecule has 7 heteroatoms. The van der Waals surface area contributed by atoms with Crippen molar-refractivity contribution in [3.8, 4) is 11.3 Å². The maximum Gasteiger partial charge on any atom is 0.418 e. The van der Waals surface area contributed by atoms with Gasteiger partial charge in [0.05, 0.1) is 16.8 Å². The lowest BCUT2D eigenvalue weighted by Crippen LogP contribution is -2.14. The largest absolute Gasteiger partial charge is 0.418 e. The molecular weight excluding hydrogens is 437 g/mol. The summed E-state index contributed by atoms with van der Waals surface area (Å²) >= 11 is 0. The number of halogens is 3. The molecule has 0 aliphatic heterocycles. The Kier molecular flexibility index (Phi) is 7.40. The summed E-state index contributed by atoms with van der Waals surface area (Å²) in [6, 6.07) is 17.8. The number of pyridine rings is 1. The van der Waals surface area contributed by atoms with Crippen LogP contribution in [0.3, 0.4) is 0 Å². The second kappa shape index (κ2) is 10.6. The zero-order valence-corrected chi connectivity index (χ0v) is 19.0. The van der Waals surface area contributed by atoms with Crippen LogP contribution < -0.4 is 5.32 Å². The molecule has 4 rings (SSSR count). The third-order valence-corrected chi connectivity index (χ3v) is 5.97. The monoisotopic (exact) mass is 464 g/mol. The molecule has 2 aromatic heterocycles. The number of anilines is 1. The number of alkyl halides is 3. The zero-order chi connectivity index (χ0) is 24.0. The Labute approximate surface area is 197 Å². The summed E-state index contributed by atoms with van der Waals surface area (Å²) in [5.41, 5.74) is 1.34. The molecule has 34 heavy (non-hydrogen) atoms. The molecule has 0 aliphatic carbocycles. The maximum atomic E-state index is 13.5. The minimum atomic E-state index is -4.48. The third kappa shape index (κ3) is 5.53. The van der Waals surface area contributed by atoms with Crippen LogP contribution in [0.1, 0.15) is 49.7 Å². The van der Waals surface area contributed by atoms with Gasteiger partial charge in [-0.05, 0) is 36.2 Å². The SMILES string of the molecule is CCCCCC(CNc1ncnc2cc(-c3ncccc3C(F)(F)F)ccc12)c1ccccc1. The number of nitrogens with zero attached hydrogens (tertiary/aromatic N) is 3. The highest BCUT2D eigenvalue weighted by Gasteiger charge is 2.34. The molecule has 0 radical (unpaired) electrons. The standard InChI is InChI=1S/C27H27F3N4/c1-2-3-5-11-21(19-9-6-4-7-10-19)17-32-26-22-14-13-20(16-24(22)33-18-34-26)25-23(27(28,29)30)12-8-15-31-25/h4,6-10,12-16,18,21H,2-3,5,11,17H2,1H3,(H,32,33,34). The summed E-state index contributed by atoms with van der Waals surface area (Å²) in [6.45, 7) is 2.90. The predicted octanol–water partition coefficient (Wildman–Crippen LogP) is 7.49. The Morgan fingerprint density at radius 3 is 2.50 bits per heavy atom. The normalized spacial score (nSPS) is 12.6. The number of nitrogens with one attached hydrogen (secondary N) is 1. The molecule has 0 saturated carbocycles. The molecule has 0 amide bonds. The Bertz CT molecular complexity index is 1230. The van der Waals surface area contributed by atoms with E-state index in [0.717, 1.165) is 24.3 Å². The fraction of sp³-hybridized carbons (Fsp3) is 0.296. The van der Waals surface area contributed by atoms with Gasteiger partial charge < -0.3 is 5.32 Å². The van der Waals surface area contributed by atoms with E-state index in [2.05, 4.69) is 51.5 Å². The highest BCUT2D eigenvalue weighted by atomic mass is 19.4. The lowest BCUT2D eigenvalue weighted by molar-refractivity contribution is -0.137. The molecule has 1 unspecified atom stereocenters. The first-order chi connectivity index (χ1) is 16.5. The van der Waals surface area contributed by atoms with E-state index >= 15 is 0 Å². The number of fused-ring (bicyclic) bond motifs is 1. The number of hydrogen-bond acceptors (Lipinski definition) is 4. The van der Waals surface area contributed by atoms with Gasteiger partial charge in [0, 0.05) is 29.6 Å². The number of aromatic nitrogens is 3. The number of hydrogen-bond donors (Lipinski definition) is 1. The topological polar surface area (TPSA) is 50.7 Å². The number of unbranched alkanes of at least 4 members (excludes halogenated alkanes) is 2. The predicted molar refractivity (Wildman–Crippen MR) is 130 cm³/mol. The van der Waals surface area contributed by atoms with Gasteiger partial charge in [-0.3, -0.25) is 4.98 Å². The van der Waals surface area contributed by atoms with Crippen LogP contribution in [0.2, 0.25) is 0 Å². The van der Waals surface area contributed by atoms with Crippen molar-refractivity contribution < 1.29 is 13.2 Å². The quantitative estimate of drug-likeness (QED) is 0.261. The van der Waals surface area contributed by atoms with Gasteiger partial charge in [-0.1, -0.05) is 62.6 Å². The van der Waals surface area contributed by atoms with Crippen molar-refractivity contribution >= 4 is 16.7 Å². The van der Waals surface area contributed by atoms with Crippen molar-refractivity contribution in [3.63, 3.8) is 0 Å². The zero-order valence-electron chi connectivity index (χ0n) is 19.0. The Morgan fingerprint density at radius 2 is 1.74 bits per heavy atom. The van der Waals surface area contributed by atoms with Gasteiger partial charge in [0.15, 0.2) is 0 Å². The summed E-state index contributed by atoms with van der Waals surface area (Å²) in [6.07, 6.45) is 2.89. The molecule has 0 bridgehead atoms. The van der Waals surface area contributed by atoms with Gasteiger partial charge in [0.2, 0.25) is 0 Å². The molecule has 4 nitrogen and oxygen atoms in total. The number of benzene rings is 2. The van der Waals surface area contributed by atoms with Gasteiger partial charge in [0.25, 0.3) is 0 Å². The van der Waals surface area contributed by atoms with E-state index < -0.39 is 11.7 Å². The van der Waals surface area contributed by atoms with Crippen molar-refractivity contribution in [3.05, 3.63) is 84.3 Å². The Morgan fingerprint density at radius 1 is 0.912 bits per heavy atom. The van der Waals surface area contributed by atoms with Crippen LogP contribution in [0.4, 0.5) is 19.0 Å². The molecule has 176 valence electrons. The molecule has 1 atom stereocenters. The molecule has 0 saturated heterocycles. The first-order valence-electron chi connectivity index (χ1n) is 11.5. The van der Waals surface area contributed by atoms with Gasteiger partial charge in [0.1, 0.15) is 12.1 Å². The van der Waals surface area contributed by atoms with Gasteiger partial charge in [-0.15, -0.1) is 0 Å². The molecule has 4 aromatic rings. The molecule has 2 heterocycles. The van der Waals surface area contributed by atoms with Crippen LogP contribution in [-0.2, 0) is 6.18 Å². The maximum absolute atomic E-state index is 13.5. The third-order valence-electron chi connectivity index (χ3n) is 5.97. The van der Waals surface area contributed by atoms with E-state index in [9.17, 15) is 13.2 Å². The molecular formula is C27H27F3N4. The minimum absolute atomic E-state index is 0.106. The van der Waals surface area contributed by atoms with E-state index in [4.69, 9.17) is 0 Å². The van der Waals surface area contributed by atoms with Crippen molar-refractivity contribution in [2.45, 2.75) is 44.7 Å². The lowest BCUT2D eigenvalue weighted by Gasteiger charge is -2.19. The summed E-state index contributed by atoms with van der Waals surface area (Å²) in [4.78, 5) is 12.7. The fourth-order valence-electron chi connectivity index (χ4n) is 4.18. The summed E-state index contributed by atoms with van der Waals surface area (Å²) < 4.78 is 40.4. The van der Waals surface area contributed by atoms with Crippen molar-refractivity contribution in [1.82, 2.24) is 15.0 Å². The summed E-state index contributed by atoms with van der Waals surface area (Å²) in [5, 5.41) is 4.22. The van der Waals surface area contributed by atoms with Gasteiger partial charge in [-0.25, -0.2) is 9.97 Å². The first-order valence-corrected chi connectivity index (χ1v) is 11.5. The molecule has 0 aliphatic rings.